The Labute approximate surface area is 121 Å². The van der Waals surface area contributed by atoms with Gasteiger partial charge in [-0.1, -0.05) is 12.2 Å². The molecule has 0 saturated carbocycles. The van der Waals surface area contributed by atoms with Gasteiger partial charge in [0.2, 0.25) is 0 Å². The molecule has 0 aromatic rings. The average Bonchev–Trinajstić information content (AvgIpc) is 2.28. The van der Waals surface area contributed by atoms with Gasteiger partial charge >= 0.3 is 0 Å². The summed E-state index contributed by atoms with van der Waals surface area (Å²) in [4.78, 5) is 3.11. The van der Waals surface area contributed by atoms with Crippen molar-refractivity contribution in [3.05, 3.63) is 0 Å². The van der Waals surface area contributed by atoms with Crippen molar-refractivity contribution in [3.63, 3.8) is 0 Å². The van der Waals surface area contributed by atoms with Gasteiger partial charge in [-0.2, -0.15) is 11.8 Å². The molecular formula is C13H26N2OS2. The van der Waals surface area contributed by atoms with Gasteiger partial charge in [-0.3, -0.25) is 0 Å². The molecule has 0 aliphatic carbocycles. The molecule has 5 heteroatoms. The SMILES string of the molecule is CSC1(C(N)=S)CCN(CCOC(C)(C)C)CC1. The lowest BCUT2D eigenvalue weighted by Crippen LogP contribution is -2.49. The summed E-state index contributed by atoms with van der Waals surface area (Å²) in [6.07, 6.45) is 4.22. The van der Waals surface area contributed by atoms with Crippen molar-refractivity contribution in [2.75, 3.05) is 32.5 Å². The predicted octanol–water partition coefficient (Wildman–Crippen LogP) is 2.29. The van der Waals surface area contributed by atoms with E-state index in [2.05, 4.69) is 31.9 Å². The van der Waals surface area contributed by atoms with Gasteiger partial charge in [0.25, 0.3) is 0 Å². The third kappa shape index (κ3) is 4.68. The fourth-order valence-electron chi connectivity index (χ4n) is 2.17. The van der Waals surface area contributed by atoms with Crippen LogP contribution in [0.2, 0.25) is 0 Å². The van der Waals surface area contributed by atoms with Crippen LogP contribution in [0.5, 0.6) is 0 Å². The standard InChI is InChI=1S/C13H26N2OS2/c1-12(2,3)16-10-9-15-7-5-13(18-4,6-8-15)11(14)17/h5-10H2,1-4H3,(H2,14,17). The molecule has 1 fully saturated rings. The van der Waals surface area contributed by atoms with E-state index >= 15 is 0 Å². The minimum Gasteiger partial charge on any atom is -0.392 e. The number of thioether (sulfide) groups is 1. The Morgan fingerprint density at radius 2 is 1.94 bits per heavy atom. The number of thiocarbonyl (C=S) groups is 1. The molecule has 0 unspecified atom stereocenters. The Hall–Kier alpha value is 0.160. The maximum Gasteiger partial charge on any atom is 0.0891 e. The first-order valence-corrected chi connectivity index (χ1v) is 8.14. The van der Waals surface area contributed by atoms with Crippen molar-refractivity contribution in [2.45, 2.75) is 44.0 Å². The largest absolute Gasteiger partial charge is 0.392 e. The van der Waals surface area contributed by atoms with Crippen LogP contribution in [-0.2, 0) is 4.74 Å². The van der Waals surface area contributed by atoms with Crippen LogP contribution in [-0.4, -0.2) is 52.7 Å². The maximum absolute atomic E-state index is 5.88. The van der Waals surface area contributed by atoms with Crippen molar-refractivity contribution >= 4 is 29.0 Å². The molecule has 2 N–H and O–H groups in total. The molecule has 0 aromatic carbocycles. The molecule has 18 heavy (non-hydrogen) atoms. The van der Waals surface area contributed by atoms with Gasteiger partial charge in [0, 0.05) is 6.54 Å². The summed E-state index contributed by atoms with van der Waals surface area (Å²) in [6.45, 7) is 10.2. The predicted molar refractivity (Wildman–Crippen MR) is 84.4 cm³/mol. The van der Waals surface area contributed by atoms with Gasteiger partial charge in [0.1, 0.15) is 0 Å². The Morgan fingerprint density at radius 1 is 1.39 bits per heavy atom. The van der Waals surface area contributed by atoms with E-state index in [0.29, 0.717) is 4.99 Å². The molecule has 0 amide bonds. The van der Waals surface area contributed by atoms with Crippen LogP contribution in [0.3, 0.4) is 0 Å². The topological polar surface area (TPSA) is 38.5 Å². The summed E-state index contributed by atoms with van der Waals surface area (Å²) in [5, 5.41) is 0. The van der Waals surface area contributed by atoms with E-state index in [1.807, 2.05) is 11.8 Å². The first-order chi connectivity index (χ1) is 8.29. The lowest BCUT2D eigenvalue weighted by molar-refractivity contribution is -0.0149. The number of rotatable bonds is 5. The van der Waals surface area contributed by atoms with Crippen molar-refractivity contribution < 1.29 is 4.74 Å². The number of nitrogens with two attached hydrogens (primary N) is 1. The van der Waals surface area contributed by atoms with Crippen LogP contribution in [0.15, 0.2) is 0 Å². The summed E-state index contributed by atoms with van der Waals surface area (Å²) in [5.74, 6) is 0. The minimum absolute atomic E-state index is 0.0245. The average molecular weight is 290 g/mol. The molecule has 3 nitrogen and oxygen atoms in total. The summed E-state index contributed by atoms with van der Waals surface area (Å²) in [7, 11) is 0. The van der Waals surface area contributed by atoms with E-state index in [0.717, 1.165) is 39.1 Å². The molecular weight excluding hydrogens is 264 g/mol. The van der Waals surface area contributed by atoms with Crippen molar-refractivity contribution in [1.29, 1.82) is 0 Å². The molecule has 1 rings (SSSR count). The van der Waals surface area contributed by atoms with Crippen molar-refractivity contribution in [1.82, 2.24) is 4.90 Å². The fourth-order valence-corrected chi connectivity index (χ4v) is 3.42. The molecule has 106 valence electrons. The van der Waals surface area contributed by atoms with Gasteiger partial charge in [-0.25, -0.2) is 0 Å². The summed E-state index contributed by atoms with van der Waals surface area (Å²) in [5.41, 5.74) is 5.84. The highest BCUT2D eigenvalue weighted by Gasteiger charge is 2.36. The van der Waals surface area contributed by atoms with Crippen molar-refractivity contribution in [2.24, 2.45) is 5.73 Å². The van der Waals surface area contributed by atoms with E-state index in [1.165, 1.54) is 0 Å². The van der Waals surface area contributed by atoms with Crippen molar-refractivity contribution in [3.8, 4) is 0 Å². The highest BCUT2D eigenvalue weighted by Crippen LogP contribution is 2.34. The van der Waals surface area contributed by atoms with Crippen LogP contribution in [0.4, 0.5) is 0 Å². The fraction of sp³-hybridized carbons (Fsp3) is 0.923. The molecule has 1 aliphatic rings. The molecule has 0 bridgehead atoms. The first kappa shape index (κ1) is 16.2. The van der Waals surface area contributed by atoms with Crippen LogP contribution < -0.4 is 5.73 Å². The number of nitrogens with zero attached hydrogens (tertiary/aromatic N) is 1. The van der Waals surface area contributed by atoms with E-state index < -0.39 is 0 Å². The molecule has 1 heterocycles. The Kier molecular flexibility index (Phi) is 5.90. The number of likely N-dealkylation sites (tertiary alicyclic amines) is 1. The molecule has 0 spiro atoms. The number of hydrogen-bond acceptors (Lipinski definition) is 4. The van der Waals surface area contributed by atoms with Crippen LogP contribution >= 0.6 is 24.0 Å². The monoisotopic (exact) mass is 290 g/mol. The number of ether oxygens (including phenoxy) is 1. The van der Waals surface area contributed by atoms with Gasteiger partial charge < -0.3 is 15.4 Å². The van der Waals surface area contributed by atoms with E-state index in [1.54, 1.807) is 0 Å². The molecule has 1 aliphatic heterocycles. The minimum atomic E-state index is -0.0440. The maximum atomic E-state index is 5.88. The Balaban J connectivity index is 2.33. The molecule has 0 atom stereocenters. The number of hydrogen-bond donors (Lipinski definition) is 1. The molecule has 0 aromatic heterocycles. The van der Waals surface area contributed by atoms with Crippen LogP contribution in [0, 0.1) is 0 Å². The number of piperidine rings is 1. The normalized spacial score (nSPS) is 20.9. The molecule has 0 radical (unpaired) electrons. The summed E-state index contributed by atoms with van der Waals surface area (Å²) < 4.78 is 5.78. The van der Waals surface area contributed by atoms with Crippen LogP contribution in [0.25, 0.3) is 0 Å². The lowest BCUT2D eigenvalue weighted by atomic mass is 9.95. The summed E-state index contributed by atoms with van der Waals surface area (Å²) >= 11 is 7.02. The Bertz CT molecular complexity index is 281. The van der Waals surface area contributed by atoms with E-state index in [-0.39, 0.29) is 10.3 Å². The third-order valence-corrected chi connectivity index (χ3v) is 5.38. The highest BCUT2D eigenvalue weighted by atomic mass is 32.2. The quantitative estimate of drug-likeness (QED) is 0.787. The van der Waals surface area contributed by atoms with Crippen LogP contribution in [0.1, 0.15) is 33.6 Å². The van der Waals surface area contributed by atoms with Gasteiger partial charge in [0.15, 0.2) is 0 Å². The lowest BCUT2D eigenvalue weighted by Gasteiger charge is -2.40. The smallest absolute Gasteiger partial charge is 0.0891 e. The highest BCUT2D eigenvalue weighted by molar-refractivity contribution is 8.02. The third-order valence-electron chi connectivity index (χ3n) is 3.45. The van der Waals surface area contributed by atoms with Gasteiger partial charge in [-0.15, -0.1) is 0 Å². The zero-order valence-corrected chi connectivity index (χ0v) is 13.6. The molecule has 1 saturated heterocycles. The van der Waals surface area contributed by atoms with E-state index in [4.69, 9.17) is 22.7 Å². The van der Waals surface area contributed by atoms with E-state index in [9.17, 15) is 0 Å². The zero-order chi connectivity index (χ0) is 13.8. The second-order valence-corrected chi connectivity index (χ2v) is 7.49. The van der Waals surface area contributed by atoms with Gasteiger partial charge in [0.05, 0.1) is 21.9 Å². The first-order valence-electron chi connectivity index (χ1n) is 6.50. The van der Waals surface area contributed by atoms with Gasteiger partial charge in [-0.05, 0) is 53.0 Å². The second-order valence-electron chi connectivity index (χ2n) is 5.87. The zero-order valence-electron chi connectivity index (χ0n) is 12.0. The Morgan fingerprint density at radius 3 is 2.33 bits per heavy atom. The summed E-state index contributed by atoms with van der Waals surface area (Å²) in [6, 6.07) is 0. The second kappa shape index (κ2) is 6.55.